The Hall–Kier alpha value is -1.23. The highest BCUT2D eigenvalue weighted by Gasteiger charge is 2.32. The van der Waals surface area contributed by atoms with Gasteiger partial charge in [-0.15, -0.1) is 0 Å². The van der Waals surface area contributed by atoms with E-state index in [1.54, 1.807) is 0 Å². The van der Waals surface area contributed by atoms with Crippen molar-refractivity contribution in [3.05, 3.63) is 29.2 Å². The number of fused-ring (bicyclic) bond motifs is 1. The molecule has 2 rings (SSSR count). The van der Waals surface area contributed by atoms with E-state index < -0.39 is 11.9 Å². The van der Waals surface area contributed by atoms with Gasteiger partial charge in [-0.05, 0) is 6.07 Å². The molecule has 1 N–H and O–H groups in total. The topological polar surface area (TPSA) is 28.7 Å². The summed E-state index contributed by atoms with van der Waals surface area (Å²) in [5.74, 6) is 0. The van der Waals surface area contributed by atoms with E-state index in [1.165, 1.54) is 6.20 Å². The number of nitrogens with zero attached hydrogens (tertiary/aromatic N) is 1. The second kappa shape index (κ2) is 2.88. The first kappa shape index (κ1) is 9.33. The maximum atomic E-state index is 12.2. The molecule has 2 nitrogen and oxygen atoms in total. The first-order valence-electron chi connectivity index (χ1n) is 3.68. The van der Waals surface area contributed by atoms with Crippen molar-refractivity contribution >= 4 is 22.5 Å². The highest BCUT2D eigenvalue weighted by molar-refractivity contribution is 6.35. The molecule has 0 saturated heterocycles. The fourth-order valence-electron chi connectivity index (χ4n) is 1.14. The van der Waals surface area contributed by atoms with Crippen LogP contribution >= 0.6 is 11.6 Å². The molecule has 6 heteroatoms. The number of pyridine rings is 1. The summed E-state index contributed by atoms with van der Waals surface area (Å²) in [5.41, 5.74) is -0.596. The van der Waals surface area contributed by atoms with Crippen LogP contribution in [0.4, 0.5) is 13.2 Å². The first-order chi connectivity index (χ1) is 6.48. The summed E-state index contributed by atoms with van der Waals surface area (Å²) in [7, 11) is 0. The van der Waals surface area contributed by atoms with Crippen molar-refractivity contribution in [1.82, 2.24) is 9.97 Å². The van der Waals surface area contributed by atoms with Gasteiger partial charge in [0.1, 0.15) is 5.69 Å². The van der Waals surface area contributed by atoms with Crippen molar-refractivity contribution in [2.45, 2.75) is 6.18 Å². The van der Waals surface area contributed by atoms with E-state index in [0.717, 1.165) is 12.3 Å². The SMILES string of the molecule is FC(F)(F)c1cc2[nH]cc(Cl)c2cn1. The minimum atomic E-state index is -4.42. The normalized spacial score (nSPS) is 12.3. The van der Waals surface area contributed by atoms with Crippen LogP contribution in [0.5, 0.6) is 0 Å². The van der Waals surface area contributed by atoms with Crippen molar-refractivity contribution in [3.8, 4) is 0 Å². The maximum Gasteiger partial charge on any atom is 0.433 e. The standard InChI is InChI=1S/C8H4ClF3N2/c9-5-3-13-6-1-7(8(10,11)12)14-2-4(5)6/h1-3,13H. The molecule has 0 spiro atoms. The fourth-order valence-corrected chi connectivity index (χ4v) is 1.34. The van der Waals surface area contributed by atoms with Crippen LogP contribution in [0, 0.1) is 0 Å². The molecule has 74 valence electrons. The van der Waals surface area contributed by atoms with Gasteiger partial charge in [0, 0.05) is 17.8 Å². The van der Waals surface area contributed by atoms with E-state index in [9.17, 15) is 13.2 Å². The largest absolute Gasteiger partial charge is 0.433 e. The van der Waals surface area contributed by atoms with Crippen LogP contribution in [-0.2, 0) is 6.18 Å². The molecule has 0 radical (unpaired) electrons. The van der Waals surface area contributed by atoms with Crippen LogP contribution < -0.4 is 0 Å². The third-order valence-electron chi connectivity index (χ3n) is 1.81. The smallest absolute Gasteiger partial charge is 0.360 e. The Balaban J connectivity index is 2.63. The van der Waals surface area contributed by atoms with Gasteiger partial charge in [-0.3, -0.25) is 4.98 Å². The van der Waals surface area contributed by atoms with E-state index in [0.29, 0.717) is 15.9 Å². The zero-order valence-corrected chi connectivity index (χ0v) is 7.45. The lowest BCUT2D eigenvalue weighted by Crippen LogP contribution is -2.07. The number of H-pyrrole nitrogens is 1. The van der Waals surface area contributed by atoms with Crippen LogP contribution in [0.3, 0.4) is 0 Å². The van der Waals surface area contributed by atoms with Crippen molar-refractivity contribution in [3.63, 3.8) is 0 Å². The van der Waals surface area contributed by atoms with Crippen LogP contribution in [0.2, 0.25) is 5.02 Å². The molecule has 0 saturated carbocycles. The Morgan fingerprint density at radius 1 is 1.36 bits per heavy atom. The first-order valence-corrected chi connectivity index (χ1v) is 4.06. The molecule has 0 aliphatic carbocycles. The van der Waals surface area contributed by atoms with Crippen molar-refractivity contribution in [2.24, 2.45) is 0 Å². The van der Waals surface area contributed by atoms with Gasteiger partial charge in [0.15, 0.2) is 0 Å². The molecular weight excluding hydrogens is 217 g/mol. The van der Waals surface area contributed by atoms with E-state index >= 15 is 0 Å². The van der Waals surface area contributed by atoms with Gasteiger partial charge in [-0.2, -0.15) is 13.2 Å². The molecule has 2 heterocycles. The maximum absolute atomic E-state index is 12.2. The average molecular weight is 221 g/mol. The Morgan fingerprint density at radius 2 is 2.07 bits per heavy atom. The van der Waals surface area contributed by atoms with Gasteiger partial charge in [0.25, 0.3) is 0 Å². The Kier molecular flexibility index (Phi) is 1.92. The second-order valence-electron chi connectivity index (χ2n) is 2.75. The second-order valence-corrected chi connectivity index (χ2v) is 3.16. The summed E-state index contributed by atoms with van der Waals surface area (Å²) in [5, 5.41) is 0.848. The summed E-state index contributed by atoms with van der Waals surface area (Å²) in [4.78, 5) is 5.91. The van der Waals surface area contributed by atoms with Crippen LogP contribution in [0.25, 0.3) is 10.9 Å². The molecular formula is C8H4ClF3N2. The predicted molar refractivity (Wildman–Crippen MR) is 46.1 cm³/mol. The van der Waals surface area contributed by atoms with Crippen LogP contribution in [0.1, 0.15) is 5.69 Å². The number of aromatic amines is 1. The summed E-state index contributed by atoms with van der Waals surface area (Å²) in [6.45, 7) is 0. The van der Waals surface area contributed by atoms with Gasteiger partial charge in [0.05, 0.1) is 10.5 Å². The predicted octanol–water partition coefficient (Wildman–Crippen LogP) is 3.24. The summed E-state index contributed by atoms with van der Waals surface area (Å²) in [6, 6.07) is 0.932. The minimum Gasteiger partial charge on any atom is -0.360 e. The van der Waals surface area contributed by atoms with Crippen LogP contribution in [-0.4, -0.2) is 9.97 Å². The van der Waals surface area contributed by atoms with Gasteiger partial charge >= 0.3 is 6.18 Å². The molecule has 0 unspecified atom stereocenters. The fraction of sp³-hybridized carbons (Fsp3) is 0.125. The van der Waals surface area contributed by atoms with Gasteiger partial charge in [-0.1, -0.05) is 11.6 Å². The Morgan fingerprint density at radius 3 is 2.71 bits per heavy atom. The number of halogens is 4. The molecule has 0 fully saturated rings. The summed E-state index contributed by atoms with van der Waals surface area (Å²) in [6.07, 6.45) is -1.89. The van der Waals surface area contributed by atoms with Gasteiger partial charge in [-0.25, -0.2) is 0 Å². The lowest BCUT2D eigenvalue weighted by molar-refractivity contribution is -0.141. The quantitative estimate of drug-likeness (QED) is 0.726. The molecule has 0 amide bonds. The number of alkyl halides is 3. The van der Waals surface area contributed by atoms with Crippen molar-refractivity contribution in [2.75, 3.05) is 0 Å². The summed E-state index contributed by atoms with van der Waals surface area (Å²) >= 11 is 5.69. The molecule has 0 bridgehead atoms. The van der Waals surface area contributed by atoms with E-state index in [1.807, 2.05) is 0 Å². The van der Waals surface area contributed by atoms with Crippen LogP contribution in [0.15, 0.2) is 18.5 Å². The highest BCUT2D eigenvalue weighted by atomic mass is 35.5. The number of nitrogens with one attached hydrogen (secondary N) is 1. The van der Waals surface area contributed by atoms with Gasteiger partial charge in [0.2, 0.25) is 0 Å². The third kappa shape index (κ3) is 1.43. The molecule has 0 aromatic carbocycles. The van der Waals surface area contributed by atoms with Gasteiger partial charge < -0.3 is 4.98 Å². The van der Waals surface area contributed by atoms with E-state index in [2.05, 4.69) is 9.97 Å². The van der Waals surface area contributed by atoms with Crippen molar-refractivity contribution in [1.29, 1.82) is 0 Å². The zero-order chi connectivity index (χ0) is 10.3. The molecule has 2 aromatic heterocycles. The Bertz CT molecular complexity index is 475. The minimum absolute atomic E-state index is 0.331. The number of rotatable bonds is 0. The molecule has 0 aliphatic rings. The zero-order valence-electron chi connectivity index (χ0n) is 6.69. The average Bonchev–Trinajstić information content (AvgIpc) is 2.46. The number of hydrogen-bond acceptors (Lipinski definition) is 1. The lowest BCUT2D eigenvalue weighted by Gasteiger charge is -2.04. The molecule has 14 heavy (non-hydrogen) atoms. The molecule has 2 aromatic rings. The number of hydrogen-bond donors (Lipinski definition) is 1. The summed E-state index contributed by atoms with van der Waals surface area (Å²) < 4.78 is 36.6. The van der Waals surface area contributed by atoms with E-state index in [4.69, 9.17) is 11.6 Å². The van der Waals surface area contributed by atoms with Crippen molar-refractivity contribution < 1.29 is 13.2 Å². The molecule has 0 atom stereocenters. The monoisotopic (exact) mass is 220 g/mol. The molecule has 0 aliphatic heterocycles. The highest BCUT2D eigenvalue weighted by Crippen LogP contribution is 2.30. The van der Waals surface area contributed by atoms with E-state index in [-0.39, 0.29) is 0 Å². The number of aromatic nitrogens is 2. The lowest BCUT2D eigenvalue weighted by atomic mass is 10.3. The third-order valence-corrected chi connectivity index (χ3v) is 2.12. The Labute approximate surface area is 81.7 Å².